The van der Waals surface area contributed by atoms with Gasteiger partial charge in [-0.25, -0.2) is 13.8 Å². The average Bonchev–Trinajstić information content (AvgIpc) is 2.98. The van der Waals surface area contributed by atoms with E-state index in [1.54, 1.807) is 0 Å². The molecule has 0 radical (unpaired) electrons. The van der Waals surface area contributed by atoms with Crippen molar-refractivity contribution in [2.24, 2.45) is 0 Å². The monoisotopic (exact) mass is 372 g/mol. The van der Waals surface area contributed by atoms with Crippen molar-refractivity contribution in [3.63, 3.8) is 0 Å². The van der Waals surface area contributed by atoms with Crippen LogP contribution in [0.15, 0.2) is 42.5 Å². The van der Waals surface area contributed by atoms with E-state index in [0.29, 0.717) is 16.3 Å². The van der Waals surface area contributed by atoms with Gasteiger partial charge in [0.05, 0.1) is 12.1 Å². The van der Waals surface area contributed by atoms with Gasteiger partial charge in [-0.15, -0.1) is 11.3 Å². The number of carbonyl (C=O) groups is 1. The number of hydrogen-bond donors (Lipinski definition) is 1. The molecule has 0 bridgehead atoms. The number of benzene rings is 2. The quantitative estimate of drug-likeness (QED) is 0.674. The number of thiazole rings is 1. The minimum atomic E-state index is -0.912. The third-order valence-electron chi connectivity index (χ3n) is 3.99. The SMILES string of the molecule is CCc1ccc(NC(=O)Cc2nc(-c3ccc(F)c(F)c3)c(C)s2)cc1. The fourth-order valence-electron chi connectivity index (χ4n) is 2.60. The van der Waals surface area contributed by atoms with Crippen molar-refractivity contribution in [2.75, 3.05) is 5.32 Å². The van der Waals surface area contributed by atoms with Crippen LogP contribution in [0.3, 0.4) is 0 Å². The summed E-state index contributed by atoms with van der Waals surface area (Å²) in [6.07, 6.45) is 1.07. The lowest BCUT2D eigenvalue weighted by atomic mass is 10.1. The van der Waals surface area contributed by atoms with E-state index < -0.39 is 11.6 Å². The van der Waals surface area contributed by atoms with Crippen LogP contribution in [0.1, 0.15) is 22.4 Å². The number of carbonyl (C=O) groups excluding carboxylic acids is 1. The van der Waals surface area contributed by atoms with Gasteiger partial charge in [0.2, 0.25) is 5.91 Å². The topological polar surface area (TPSA) is 42.0 Å². The first-order chi connectivity index (χ1) is 12.5. The van der Waals surface area contributed by atoms with Crippen molar-refractivity contribution >= 4 is 22.9 Å². The lowest BCUT2D eigenvalue weighted by Crippen LogP contribution is -2.14. The molecule has 0 unspecified atom stereocenters. The fraction of sp³-hybridized carbons (Fsp3) is 0.200. The number of aryl methyl sites for hydroxylation is 2. The van der Waals surface area contributed by atoms with Crippen LogP contribution in [0.25, 0.3) is 11.3 Å². The van der Waals surface area contributed by atoms with Gasteiger partial charge in [-0.3, -0.25) is 4.79 Å². The first-order valence-corrected chi connectivity index (χ1v) is 9.08. The number of nitrogens with zero attached hydrogens (tertiary/aromatic N) is 1. The molecule has 2 aromatic carbocycles. The second kappa shape index (κ2) is 7.74. The van der Waals surface area contributed by atoms with Gasteiger partial charge in [-0.2, -0.15) is 0 Å². The Morgan fingerprint density at radius 1 is 1.12 bits per heavy atom. The van der Waals surface area contributed by atoms with Crippen LogP contribution in [0.5, 0.6) is 0 Å². The number of anilines is 1. The van der Waals surface area contributed by atoms with Crippen molar-refractivity contribution in [1.29, 1.82) is 0 Å². The maximum absolute atomic E-state index is 13.4. The predicted molar refractivity (Wildman–Crippen MR) is 100 cm³/mol. The summed E-state index contributed by atoms with van der Waals surface area (Å²) in [6.45, 7) is 3.92. The molecule has 0 aliphatic carbocycles. The van der Waals surface area contributed by atoms with Crippen LogP contribution in [0, 0.1) is 18.6 Å². The Bertz CT molecular complexity index is 935. The maximum Gasteiger partial charge on any atom is 0.231 e. The lowest BCUT2D eigenvalue weighted by molar-refractivity contribution is -0.115. The molecule has 0 atom stereocenters. The van der Waals surface area contributed by atoms with Crippen molar-refractivity contribution in [3.05, 3.63) is 69.5 Å². The zero-order valence-electron chi connectivity index (χ0n) is 14.5. The first-order valence-electron chi connectivity index (χ1n) is 8.26. The summed E-state index contributed by atoms with van der Waals surface area (Å²) < 4.78 is 26.5. The molecular formula is C20H18F2N2OS. The Kier molecular flexibility index (Phi) is 5.42. The summed E-state index contributed by atoms with van der Waals surface area (Å²) in [5.74, 6) is -1.97. The van der Waals surface area contributed by atoms with Crippen LogP contribution in [-0.2, 0) is 17.6 Å². The third kappa shape index (κ3) is 4.14. The number of halogens is 2. The summed E-state index contributed by atoms with van der Waals surface area (Å²) in [5, 5.41) is 3.47. The van der Waals surface area contributed by atoms with Crippen molar-refractivity contribution < 1.29 is 13.6 Å². The minimum absolute atomic E-state index is 0.130. The highest BCUT2D eigenvalue weighted by atomic mass is 32.1. The van der Waals surface area contributed by atoms with Gasteiger partial charge < -0.3 is 5.32 Å². The number of amides is 1. The Morgan fingerprint density at radius 3 is 2.50 bits per heavy atom. The normalized spacial score (nSPS) is 10.8. The smallest absolute Gasteiger partial charge is 0.231 e. The van der Waals surface area contributed by atoms with Gasteiger partial charge >= 0.3 is 0 Å². The summed E-state index contributed by atoms with van der Waals surface area (Å²) in [7, 11) is 0. The molecule has 26 heavy (non-hydrogen) atoms. The van der Waals surface area contributed by atoms with Gasteiger partial charge in [0.25, 0.3) is 0 Å². The summed E-state index contributed by atoms with van der Waals surface area (Å²) in [5.41, 5.74) is 3.01. The second-order valence-electron chi connectivity index (χ2n) is 5.92. The molecule has 3 rings (SSSR count). The van der Waals surface area contributed by atoms with Crippen molar-refractivity contribution in [1.82, 2.24) is 4.98 Å². The van der Waals surface area contributed by atoms with Gasteiger partial charge in [-0.1, -0.05) is 19.1 Å². The summed E-state index contributed by atoms with van der Waals surface area (Å²) in [4.78, 5) is 17.5. The average molecular weight is 372 g/mol. The molecule has 0 saturated carbocycles. The molecule has 1 amide bonds. The molecule has 0 fully saturated rings. The van der Waals surface area contributed by atoms with E-state index in [2.05, 4.69) is 17.2 Å². The molecule has 134 valence electrons. The van der Waals surface area contributed by atoms with Gasteiger partial charge in [-0.05, 0) is 49.2 Å². The maximum atomic E-state index is 13.4. The van der Waals surface area contributed by atoms with E-state index in [4.69, 9.17) is 0 Å². The van der Waals surface area contributed by atoms with E-state index in [-0.39, 0.29) is 12.3 Å². The summed E-state index contributed by atoms with van der Waals surface area (Å²) in [6, 6.07) is 11.4. The lowest BCUT2D eigenvalue weighted by Gasteiger charge is -2.04. The Morgan fingerprint density at radius 2 is 1.85 bits per heavy atom. The standard InChI is InChI=1S/C20H18F2N2OS/c1-3-13-4-7-15(8-5-13)23-18(25)11-19-24-20(12(2)26-19)14-6-9-16(21)17(22)10-14/h4-10H,3,11H2,1-2H3,(H,23,25). The molecule has 6 heteroatoms. The van der Waals surface area contributed by atoms with Crippen LogP contribution >= 0.6 is 11.3 Å². The van der Waals surface area contributed by atoms with Crippen LogP contribution < -0.4 is 5.32 Å². The molecule has 0 spiro atoms. The highest BCUT2D eigenvalue weighted by molar-refractivity contribution is 7.12. The molecule has 0 aliphatic heterocycles. The zero-order valence-corrected chi connectivity index (χ0v) is 15.3. The number of nitrogens with one attached hydrogen (secondary N) is 1. The highest BCUT2D eigenvalue weighted by Gasteiger charge is 2.14. The van der Waals surface area contributed by atoms with E-state index >= 15 is 0 Å². The molecule has 1 aromatic heterocycles. The van der Waals surface area contributed by atoms with E-state index in [0.717, 1.165) is 29.1 Å². The number of hydrogen-bond acceptors (Lipinski definition) is 3. The Labute approximate surface area is 154 Å². The molecule has 3 nitrogen and oxygen atoms in total. The second-order valence-corrected chi connectivity index (χ2v) is 7.20. The van der Waals surface area contributed by atoms with Crippen molar-refractivity contribution in [3.8, 4) is 11.3 Å². The van der Waals surface area contributed by atoms with E-state index in [9.17, 15) is 13.6 Å². The third-order valence-corrected chi connectivity index (χ3v) is 4.96. The van der Waals surface area contributed by atoms with Crippen molar-refractivity contribution in [2.45, 2.75) is 26.7 Å². The van der Waals surface area contributed by atoms with Crippen LogP contribution in [0.2, 0.25) is 0 Å². The predicted octanol–water partition coefficient (Wildman–Crippen LogP) is 5.14. The van der Waals surface area contributed by atoms with Gasteiger partial charge in [0.1, 0.15) is 5.01 Å². The Balaban J connectivity index is 1.71. The summed E-state index contributed by atoms with van der Waals surface area (Å²) >= 11 is 1.38. The van der Waals surface area contributed by atoms with Gasteiger partial charge in [0, 0.05) is 16.1 Å². The molecule has 3 aromatic rings. The van der Waals surface area contributed by atoms with Crippen LogP contribution in [0.4, 0.5) is 14.5 Å². The van der Waals surface area contributed by atoms with Crippen LogP contribution in [-0.4, -0.2) is 10.9 Å². The fourth-order valence-corrected chi connectivity index (χ4v) is 3.56. The highest BCUT2D eigenvalue weighted by Crippen LogP contribution is 2.29. The molecule has 0 saturated heterocycles. The van der Waals surface area contributed by atoms with Gasteiger partial charge in [0.15, 0.2) is 11.6 Å². The number of rotatable bonds is 5. The number of aromatic nitrogens is 1. The Hall–Kier alpha value is -2.60. The largest absolute Gasteiger partial charge is 0.326 e. The molecule has 0 aliphatic rings. The minimum Gasteiger partial charge on any atom is -0.326 e. The van der Waals surface area contributed by atoms with E-state index in [1.165, 1.54) is 23.0 Å². The zero-order chi connectivity index (χ0) is 18.7. The van der Waals surface area contributed by atoms with E-state index in [1.807, 2.05) is 31.2 Å². The molecular weight excluding hydrogens is 354 g/mol. The first kappa shape index (κ1) is 18.2. The molecule has 1 heterocycles. The molecule has 1 N–H and O–H groups in total.